The summed E-state index contributed by atoms with van der Waals surface area (Å²) in [7, 11) is 0. The minimum absolute atomic E-state index is 0.0375. The lowest BCUT2D eigenvalue weighted by Crippen LogP contribution is -2.52. The number of nitrogens with zero attached hydrogens (tertiary/aromatic N) is 1. The van der Waals surface area contributed by atoms with E-state index in [1.807, 2.05) is 12.1 Å². The van der Waals surface area contributed by atoms with Crippen molar-refractivity contribution in [3.05, 3.63) is 34.9 Å². The van der Waals surface area contributed by atoms with Crippen molar-refractivity contribution in [1.29, 1.82) is 0 Å². The Morgan fingerprint density at radius 2 is 2.11 bits per heavy atom. The smallest absolute Gasteiger partial charge is 0.255 e. The molecule has 0 spiro atoms. The van der Waals surface area contributed by atoms with E-state index in [9.17, 15) is 19.2 Å². The highest BCUT2D eigenvalue weighted by molar-refractivity contribution is 6.05. The minimum atomic E-state index is -0.617. The number of piperidine rings is 1. The number of hydrogen-bond acceptors (Lipinski definition) is 5. The molecule has 2 atom stereocenters. The van der Waals surface area contributed by atoms with Crippen molar-refractivity contribution in [1.82, 2.24) is 15.5 Å². The van der Waals surface area contributed by atoms with E-state index in [-0.39, 0.29) is 30.1 Å². The Kier molecular flexibility index (Phi) is 4.65. The highest BCUT2D eigenvalue weighted by Gasteiger charge is 2.39. The van der Waals surface area contributed by atoms with Gasteiger partial charge in [-0.05, 0) is 30.0 Å². The van der Waals surface area contributed by atoms with Crippen LogP contribution in [-0.4, -0.2) is 47.8 Å². The van der Waals surface area contributed by atoms with Gasteiger partial charge >= 0.3 is 0 Å². The Morgan fingerprint density at radius 1 is 1.26 bits per heavy atom. The molecule has 1 aromatic carbocycles. The van der Waals surface area contributed by atoms with Crippen molar-refractivity contribution in [3.8, 4) is 0 Å². The number of benzene rings is 1. The molecular formula is C19H21N3O5. The van der Waals surface area contributed by atoms with E-state index < -0.39 is 11.9 Å². The van der Waals surface area contributed by atoms with Crippen molar-refractivity contribution in [3.63, 3.8) is 0 Å². The summed E-state index contributed by atoms with van der Waals surface area (Å²) in [4.78, 5) is 49.8. The topological polar surface area (TPSA) is 105 Å². The molecule has 3 aliphatic heterocycles. The van der Waals surface area contributed by atoms with Crippen LogP contribution in [0.4, 0.5) is 0 Å². The minimum Gasteiger partial charge on any atom is -0.381 e. The van der Waals surface area contributed by atoms with Crippen LogP contribution in [0.5, 0.6) is 0 Å². The van der Waals surface area contributed by atoms with E-state index in [1.165, 1.54) is 4.90 Å². The maximum absolute atomic E-state index is 12.8. The highest BCUT2D eigenvalue weighted by atomic mass is 16.5. The lowest BCUT2D eigenvalue weighted by molar-refractivity contribution is -0.137. The van der Waals surface area contributed by atoms with E-state index in [4.69, 9.17) is 4.74 Å². The van der Waals surface area contributed by atoms with Gasteiger partial charge in [0.05, 0.1) is 12.5 Å². The Balaban J connectivity index is 1.42. The first-order chi connectivity index (χ1) is 13.0. The van der Waals surface area contributed by atoms with Crippen molar-refractivity contribution in [2.75, 3.05) is 13.2 Å². The van der Waals surface area contributed by atoms with Crippen molar-refractivity contribution in [2.24, 2.45) is 5.92 Å². The summed E-state index contributed by atoms with van der Waals surface area (Å²) >= 11 is 0. The van der Waals surface area contributed by atoms with E-state index in [0.29, 0.717) is 38.3 Å². The zero-order chi connectivity index (χ0) is 19.0. The van der Waals surface area contributed by atoms with Gasteiger partial charge in [-0.15, -0.1) is 0 Å². The van der Waals surface area contributed by atoms with Gasteiger partial charge < -0.3 is 15.0 Å². The number of carbonyl (C=O) groups is 4. The largest absolute Gasteiger partial charge is 0.381 e. The van der Waals surface area contributed by atoms with Crippen molar-refractivity contribution < 1.29 is 23.9 Å². The lowest BCUT2D eigenvalue weighted by atomic mass is 10.0. The SMILES string of the molecule is O=C1CCC(N2Cc3ccc(CNC(=O)C4CCOC4)cc3C2=O)C(=O)N1. The first-order valence-electron chi connectivity index (χ1n) is 9.15. The average Bonchev–Trinajstić information content (AvgIpc) is 3.29. The van der Waals surface area contributed by atoms with Gasteiger partial charge in [-0.1, -0.05) is 12.1 Å². The second kappa shape index (κ2) is 7.11. The molecule has 0 aliphatic carbocycles. The molecule has 0 bridgehead atoms. The molecule has 8 nitrogen and oxygen atoms in total. The number of imide groups is 1. The standard InChI is InChI=1S/C19H21N3O5/c23-16-4-3-15(18(25)21-16)22-9-12-2-1-11(7-14(12)19(22)26)8-20-17(24)13-5-6-27-10-13/h1-2,7,13,15H,3-6,8-10H2,(H,20,24)(H,21,23,25). The quantitative estimate of drug-likeness (QED) is 0.731. The van der Waals surface area contributed by atoms with Crippen LogP contribution in [0.3, 0.4) is 0 Å². The summed E-state index contributed by atoms with van der Waals surface area (Å²) < 4.78 is 5.22. The highest BCUT2D eigenvalue weighted by Crippen LogP contribution is 2.28. The number of carbonyl (C=O) groups excluding carboxylic acids is 4. The van der Waals surface area contributed by atoms with Crippen LogP contribution in [0.1, 0.15) is 40.7 Å². The molecule has 3 heterocycles. The third-order valence-electron chi connectivity index (χ3n) is 5.36. The molecule has 2 N–H and O–H groups in total. The van der Waals surface area contributed by atoms with Gasteiger partial charge in [-0.3, -0.25) is 24.5 Å². The number of rotatable bonds is 4. The molecule has 3 aliphatic rings. The predicted molar refractivity (Wildman–Crippen MR) is 93.3 cm³/mol. The van der Waals surface area contributed by atoms with Crippen LogP contribution < -0.4 is 10.6 Å². The summed E-state index contributed by atoms with van der Waals surface area (Å²) in [5, 5.41) is 5.18. The van der Waals surface area contributed by atoms with E-state index in [0.717, 1.165) is 17.5 Å². The summed E-state index contributed by atoms with van der Waals surface area (Å²) in [6.07, 6.45) is 1.31. The molecule has 8 heteroatoms. The molecule has 27 heavy (non-hydrogen) atoms. The normalized spacial score (nSPS) is 24.7. The van der Waals surface area contributed by atoms with Crippen LogP contribution in [0, 0.1) is 5.92 Å². The van der Waals surface area contributed by atoms with Crippen LogP contribution in [0.25, 0.3) is 0 Å². The van der Waals surface area contributed by atoms with E-state index >= 15 is 0 Å². The second-order valence-electron chi connectivity index (χ2n) is 7.17. The molecule has 2 fully saturated rings. The monoisotopic (exact) mass is 371 g/mol. The molecule has 0 aromatic heterocycles. The first kappa shape index (κ1) is 17.7. The predicted octanol–water partition coefficient (Wildman–Crippen LogP) is 0.100. The molecule has 0 saturated carbocycles. The maximum atomic E-state index is 12.8. The number of nitrogens with one attached hydrogen (secondary N) is 2. The van der Waals surface area contributed by atoms with Crippen LogP contribution in [0.15, 0.2) is 18.2 Å². The fraction of sp³-hybridized carbons (Fsp3) is 0.474. The lowest BCUT2D eigenvalue weighted by Gasteiger charge is -2.29. The zero-order valence-corrected chi connectivity index (χ0v) is 14.8. The van der Waals surface area contributed by atoms with Crippen LogP contribution in [0.2, 0.25) is 0 Å². The van der Waals surface area contributed by atoms with Gasteiger partial charge in [0.1, 0.15) is 6.04 Å². The molecule has 2 unspecified atom stereocenters. The third-order valence-corrected chi connectivity index (χ3v) is 5.36. The Hall–Kier alpha value is -2.74. The summed E-state index contributed by atoms with van der Waals surface area (Å²) in [6.45, 7) is 1.76. The number of ether oxygens (including phenoxy) is 1. The maximum Gasteiger partial charge on any atom is 0.255 e. The fourth-order valence-corrected chi connectivity index (χ4v) is 3.79. The van der Waals surface area contributed by atoms with E-state index in [2.05, 4.69) is 10.6 Å². The summed E-state index contributed by atoms with van der Waals surface area (Å²) in [6, 6.07) is 4.90. The third kappa shape index (κ3) is 3.44. The van der Waals surface area contributed by atoms with Crippen molar-refractivity contribution in [2.45, 2.75) is 38.4 Å². The summed E-state index contributed by atoms with van der Waals surface area (Å²) in [5.41, 5.74) is 2.24. The van der Waals surface area contributed by atoms with Crippen molar-refractivity contribution >= 4 is 23.6 Å². The Labute approximate surface area is 156 Å². The fourth-order valence-electron chi connectivity index (χ4n) is 3.79. The number of amides is 4. The second-order valence-corrected chi connectivity index (χ2v) is 7.17. The van der Waals surface area contributed by atoms with Crippen LogP contribution in [-0.2, 0) is 32.2 Å². The summed E-state index contributed by atoms with van der Waals surface area (Å²) in [5.74, 6) is -1.07. The van der Waals surface area contributed by atoms with Gasteiger partial charge in [0.2, 0.25) is 17.7 Å². The molecule has 0 radical (unpaired) electrons. The Morgan fingerprint density at radius 3 is 2.85 bits per heavy atom. The van der Waals surface area contributed by atoms with Gasteiger partial charge in [0.25, 0.3) is 5.91 Å². The van der Waals surface area contributed by atoms with Gasteiger partial charge in [-0.2, -0.15) is 0 Å². The van der Waals surface area contributed by atoms with E-state index in [1.54, 1.807) is 6.07 Å². The zero-order valence-electron chi connectivity index (χ0n) is 14.8. The molecule has 1 aromatic rings. The van der Waals surface area contributed by atoms with Gasteiger partial charge in [0, 0.05) is 31.7 Å². The molecular weight excluding hydrogens is 350 g/mol. The molecule has 142 valence electrons. The van der Waals surface area contributed by atoms with Crippen LogP contribution >= 0.6 is 0 Å². The van der Waals surface area contributed by atoms with Gasteiger partial charge in [0.15, 0.2) is 0 Å². The molecule has 2 saturated heterocycles. The Bertz CT molecular complexity index is 816. The molecule has 4 amide bonds. The molecule has 4 rings (SSSR count). The number of fused-ring (bicyclic) bond motifs is 1. The first-order valence-corrected chi connectivity index (χ1v) is 9.15. The average molecular weight is 371 g/mol. The number of hydrogen-bond donors (Lipinski definition) is 2. The van der Waals surface area contributed by atoms with Gasteiger partial charge in [-0.25, -0.2) is 0 Å².